The number of likely N-dealkylation sites (N-methyl/N-ethyl adjacent to an activating group) is 1. The molecular formula is C28H29FN8O. The molecule has 10 heteroatoms. The lowest BCUT2D eigenvalue weighted by atomic mass is 9.93. The fraction of sp³-hybridized carbons (Fsp3) is 0.286. The van der Waals surface area contributed by atoms with Crippen LogP contribution in [0.1, 0.15) is 30.0 Å². The van der Waals surface area contributed by atoms with Crippen LogP contribution >= 0.6 is 0 Å². The Morgan fingerprint density at radius 2 is 1.95 bits per heavy atom. The first-order chi connectivity index (χ1) is 18.5. The van der Waals surface area contributed by atoms with Crippen LogP contribution in [0.2, 0.25) is 0 Å². The summed E-state index contributed by atoms with van der Waals surface area (Å²) in [4.78, 5) is 18.2. The summed E-state index contributed by atoms with van der Waals surface area (Å²) in [6, 6.07) is 15.5. The van der Waals surface area contributed by atoms with E-state index in [1.807, 2.05) is 40.9 Å². The highest BCUT2D eigenvalue weighted by Gasteiger charge is 2.27. The summed E-state index contributed by atoms with van der Waals surface area (Å²) in [5.74, 6) is 0.247. The average molecular weight is 513 g/mol. The standard InChI is InChI=1S/C28H29FN8O/c1-31-26(38)16-35-9-7-19(8-10-35)25-13-21(27-28(30)32-17-33-37(25)27)20-11-23(29)22-15-36(34-24(22)12-20)14-18-5-3-2-4-6-18/h2-6,11-13,15,17,19H,7-10,14,16H2,1H3,(H,31,38)(H2,30,32,33). The Morgan fingerprint density at radius 3 is 2.71 bits per heavy atom. The zero-order valence-electron chi connectivity index (χ0n) is 21.1. The monoisotopic (exact) mass is 512 g/mol. The van der Waals surface area contributed by atoms with Crippen molar-refractivity contribution in [1.82, 2.24) is 34.6 Å². The molecule has 5 aromatic rings. The lowest BCUT2D eigenvalue weighted by molar-refractivity contribution is -0.122. The maximum atomic E-state index is 15.4. The van der Waals surface area contributed by atoms with Crippen LogP contribution in [0, 0.1) is 5.82 Å². The second-order valence-electron chi connectivity index (χ2n) is 9.82. The van der Waals surface area contributed by atoms with Gasteiger partial charge in [-0.05, 0) is 55.3 Å². The Morgan fingerprint density at radius 1 is 1.16 bits per heavy atom. The van der Waals surface area contributed by atoms with Gasteiger partial charge < -0.3 is 11.1 Å². The van der Waals surface area contributed by atoms with Crippen molar-refractivity contribution in [3.63, 3.8) is 0 Å². The highest BCUT2D eigenvalue weighted by molar-refractivity contribution is 5.93. The van der Waals surface area contributed by atoms with Gasteiger partial charge in [0.1, 0.15) is 17.7 Å². The number of nitrogens with one attached hydrogen (secondary N) is 1. The van der Waals surface area contributed by atoms with E-state index in [4.69, 9.17) is 5.73 Å². The third-order valence-corrected chi connectivity index (χ3v) is 7.38. The first-order valence-corrected chi connectivity index (χ1v) is 12.8. The number of fused-ring (bicyclic) bond motifs is 2. The molecule has 0 radical (unpaired) electrons. The predicted molar refractivity (Wildman–Crippen MR) is 144 cm³/mol. The van der Waals surface area contributed by atoms with E-state index in [0.717, 1.165) is 42.8 Å². The van der Waals surface area contributed by atoms with Crippen molar-refractivity contribution in [2.75, 3.05) is 32.4 Å². The number of carbonyl (C=O) groups excluding carboxylic acids is 1. The molecule has 9 nitrogen and oxygen atoms in total. The number of amides is 1. The number of nitrogens with two attached hydrogens (primary N) is 1. The molecule has 1 aliphatic rings. The third kappa shape index (κ3) is 4.47. The number of carbonyl (C=O) groups is 1. The number of hydrogen-bond donors (Lipinski definition) is 2. The Bertz CT molecular complexity index is 1620. The Balaban J connectivity index is 1.35. The molecule has 3 aromatic heterocycles. The molecule has 4 heterocycles. The molecule has 0 bridgehead atoms. The molecule has 1 aliphatic heterocycles. The number of rotatable bonds is 6. The van der Waals surface area contributed by atoms with Gasteiger partial charge in [0.05, 0.1) is 24.0 Å². The van der Waals surface area contributed by atoms with Crippen molar-refractivity contribution in [2.24, 2.45) is 0 Å². The van der Waals surface area contributed by atoms with Crippen LogP contribution in [0.4, 0.5) is 10.2 Å². The lowest BCUT2D eigenvalue weighted by Crippen LogP contribution is -2.40. The fourth-order valence-corrected chi connectivity index (χ4v) is 5.41. The Labute approximate surface area is 219 Å². The van der Waals surface area contributed by atoms with E-state index in [-0.39, 0.29) is 17.6 Å². The van der Waals surface area contributed by atoms with Gasteiger partial charge in [-0.1, -0.05) is 30.3 Å². The number of nitrogen functional groups attached to an aromatic ring is 1. The van der Waals surface area contributed by atoms with Gasteiger partial charge in [0, 0.05) is 30.4 Å². The van der Waals surface area contributed by atoms with Crippen molar-refractivity contribution in [1.29, 1.82) is 0 Å². The summed E-state index contributed by atoms with van der Waals surface area (Å²) in [7, 11) is 1.65. The number of piperidine rings is 1. The topological polar surface area (TPSA) is 106 Å². The number of nitrogens with zero attached hydrogens (tertiary/aromatic N) is 6. The molecule has 0 unspecified atom stereocenters. The maximum Gasteiger partial charge on any atom is 0.233 e. The minimum Gasteiger partial charge on any atom is -0.382 e. The molecule has 194 valence electrons. The SMILES string of the molecule is CNC(=O)CN1CCC(c2cc(-c3cc(F)c4cn(Cc5ccccc5)nc4c3)c3c(N)ncnn23)CC1. The molecule has 0 spiro atoms. The number of likely N-dealkylation sites (tertiary alicyclic amines) is 1. The van der Waals surface area contributed by atoms with Gasteiger partial charge in [-0.2, -0.15) is 10.2 Å². The normalized spacial score (nSPS) is 14.9. The van der Waals surface area contributed by atoms with Crippen molar-refractivity contribution in [2.45, 2.75) is 25.3 Å². The van der Waals surface area contributed by atoms with Gasteiger partial charge >= 0.3 is 0 Å². The first kappa shape index (κ1) is 24.1. The zero-order valence-corrected chi connectivity index (χ0v) is 21.1. The molecule has 38 heavy (non-hydrogen) atoms. The second kappa shape index (κ2) is 9.86. The van der Waals surface area contributed by atoms with Crippen molar-refractivity contribution < 1.29 is 9.18 Å². The van der Waals surface area contributed by atoms with Crippen LogP contribution in [0.15, 0.2) is 61.1 Å². The molecule has 0 saturated carbocycles. The molecule has 2 aromatic carbocycles. The summed E-state index contributed by atoms with van der Waals surface area (Å²) in [6.07, 6.45) is 4.95. The zero-order chi connectivity index (χ0) is 26.2. The Kier molecular flexibility index (Phi) is 6.24. The van der Waals surface area contributed by atoms with Crippen LogP contribution in [0.25, 0.3) is 27.5 Å². The highest BCUT2D eigenvalue weighted by atomic mass is 19.1. The van der Waals surface area contributed by atoms with Crippen LogP contribution in [-0.4, -0.2) is 61.9 Å². The second-order valence-corrected chi connectivity index (χ2v) is 9.82. The predicted octanol–water partition coefficient (Wildman–Crippen LogP) is 3.44. The molecule has 1 saturated heterocycles. The van der Waals surface area contributed by atoms with Crippen LogP contribution < -0.4 is 11.1 Å². The molecular weight excluding hydrogens is 483 g/mol. The largest absolute Gasteiger partial charge is 0.382 e. The van der Waals surface area contributed by atoms with Gasteiger partial charge in [0.15, 0.2) is 5.82 Å². The van der Waals surface area contributed by atoms with Crippen LogP contribution in [-0.2, 0) is 11.3 Å². The molecule has 1 amide bonds. The summed E-state index contributed by atoms with van der Waals surface area (Å²) in [5.41, 5.74) is 11.1. The fourth-order valence-electron chi connectivity index (χ4n) is 5.41. The minimum absolute atomic E-state index is 0.0167. The summed E-state index contributed by atoms with van der Waals surface area (Å²) in [5, 5.41) is 12.3. The molecule has 0 atom stereocenters. The summed E-state index contributed by atoms with van der Waals surface area (Å²) in [6.45, 7) is 2.57. The molecule has 0 aliphatic carbocycles. The quantitative estimate of drug-likeness (QED) is 0.361. The van der Waals surface area contributed by atoms with Crippen molar-refractivity contribution >= 4 is 28.1 Å². The lowest BCUT2D eigenvalue weighted by Gasteiger charge is -2.31. The number of aromatic nitrogens is 5. The van der Waals surface area contributed by atoms with E-state index in [9.17, 15) is 4.79 Å². The first-order valence-electron chi connectivity index (χ1n) is 12.8. The highest BCUT2D eigenvalue weighted by Crippen LogP contribution is 2.38. The van der Waals surface area contributed by atoms with Gasteiger partial charge in [0.2, 0.25) is 5.91 Å². The van der Waals surface area contributed by atoms with Gasteiger partial charge in [-0.25, -0.2) is 13.9 Å². The van der Waals surface area contributed by atoms with E-state index in [1.54, 1.807) is 17.9 Å². The Hall–Kier alpha value is -4.31. The molecule has 6 rings (SSSR count). The van der Waals surface area contributed by atoms with Gasteiger partial charge in [0.25, 0.3) is 0 Å². The summed E-state index contributed by atoms with van der Waals surface area (Å²) < 4.78 is 19.0. The summed E-state index contributed by atoms with van der Waals surface area (Å²) >= 11 is 0. The van der Waals surface area contributed by atoms with E-state index in [2.05, 4.69) is 31.5 Å². The van der Waals surface area contributed by atoms with Crippen molar-refractivity contribution in [3.05, 3.63) is 78.1 Å². The number of hydrogen-bond acceptors (Lipinski definition) is 6. The molecule has 1 fully saturated rings. The van der Waals surface area contributed by atoms with E-state index < -0.39 is 0 Å². The maximum absolute atomic E-state index is 15.4. The molecule has 3 N–H and O–H groups in total. The average Bonchev–Trinajstić information content (AvgIpc) is 3.52. The van der Waals surface area contributed by atoms with E-state index >= 15 is 4.39 Å². The van der Waals surface area contributed by atoms with Crippen LogP contribution in [0.3, 0.4) is 0 Å². The number of benzene rings is 2. The number of anilines is 1. The van der Waals surface area contributed by atoms with Crippen molar-refractivity contribution in [3.8, 4) is 11.1 Å². The van der Waals surface area contributed by atoms with E-state index in [1.165, 1.54) is 12.4 Å². The number of halogens is 1. The third-order valence-electron chi connectivity index (χ3n) is 7.38. The van der Waals surface area contributed by atoms with Gasteiger partial charge in [-0.3, -0.25) is 14.4 Å². The van der Waals surface area contributed by atoms with Crippen LogP contribution in [0.5, 0.6) is 0 Å². The minimum atomic E-state index is -0.337. The van der Waals surface area contributed by atoms with Gasteiger partial charge in [-0.15, -0.1) is 0 Å². The smallest absolute Gasteiger partial charge is 0.233 e. The van der Waals surface area contributed by atoms with E-state index in [0.29, 0.717) is 40.9 Å².